The first-order valence-corrected chi connectivity index (χ1v) is 10.6. The number of hydrogen-bond acceptors (Lipinski definition) is 6. The second-order valence-electron chi connectivity index (χ2n) is 6.79. The van der Waals surface area contributed by atoms with E-state index >= 15 is 0 Å². The van der Waals surface area contributed by atoms with Crippen LogP contribution in [0.4, 0.5) is 11.4 Å². The van der Waals surface area contributed by atoms with Crippen LogP contribution >= 0.6 is 11.8 Å². The molecule has 3 rings (SSSR count). The highest BCUT2D eigenvalue weighted by molar-refractivity contribution is 8.00. The zero-order valence-electron chi connectivity index (χ0n) is 16.7. The molecule has 1 saturated heterocycles. The predicted octanol–water partition coefficient (Wildman–Crippen LogP) is 3.57. The van der Waals surface area contributed by atoms with Crippen LogP contribution < -0.4 is 10.2 Å². The second kappa shape index (κ2) is 10.3. The molecule has 0 unspecified atom stereocenters. The summed E-state index contributed by atoms with van der Waals surface area (Å²) in [4.78, 5) is 27.9. The fourth-order valence-electron chi connectivity index (χ4n) is 2.90. The molecule has 0 saturated carbocycles. The van der Waals surface area contributed by atoms with Crippen LogP contribution in [0.1, 0.15) is 13.8 Å². The molecule has 2 atom stereocenters. The molecule has 2 aromatic rings. The van der Waals surface area contributed by atoms with Gasteiger partial charge in [0.05, 0.1) is 13.2 Å². The molecule has 154 valence electrons. The number of carbonyl (C=O) groups is 2. The van der Waals surface area contributed by atoms with Crippen molar-refractivity contribution in [2.75, 3.05) is 36.5 Å². The maximum absolute atomic E-state index is 12.4. The number of morpholine rings is 1. The number of benzene rings is 2. The van der Waals surface area contributed by atoms with Gasteiger partial charge >= 0.3 is 5.97 Å². The van der Waals surface area contributed by atoms with E-state index in [1.54, 1.807) is 13.8 Å². The van der Waals surface area contributed by atoms with Gasteiger partial charge in [-0.05, 0) is 50.2 Å². The molecule has 29 heavy (non-hydrogen) atoms. The molecule has 0 spiro atoms. The van der Waals surface area contributed by atoms with E-state index in [0.29, 0.717) is 5.69 Å². The van der Waals surface area contributed by atoms with Gasteiger partial charge in [0.25, 0.3) is 5.91 Å². The van der Waals surface area contributed by atoms with Crippen LogP contribution in [0.25, 0.3) is 0 Å². The second-order valence-corrected chi connectivity index (χ2v) is 8.20. The monoisotopic (exact) mass is 414 g/mol. The maximum atomic E-state index is 12.4. The number of nitrogens with zero attached hydrogens (tertiary/aromatic N) is 1. The lowest BCUT2D eigenvalue weighted by Crippen LogP contribution is -2.36. The number of amides is 1. The minimum absolute atomic E-state index is 0.352. The third kappa shape index (κ3) is 6.24. The van der Waals surface area contributed by atoms with Gasteiger partial charge in [0.1, 0.15) is 5.25 Å². The summed E-state index contributed by atoms with van der Waals surface area (Å²) in [6, 6.07) is 17.3. The lowest BCUT2D eigenvalue weighted by molar-refractivity contribution is -0.152. The van der Waals surface area contributed by atoms with Gasteiger partial charge in [0.2, 0.25) is 0 Å². The van der Waals surface area contributed by atoms with Crippen molar-refractivity contribution in [3.8, 4) is 0 Å². The first-order valence-electron chi connectivity index (χ1n) is 9.69. The zero-order valence-corrected chi connectivity index (χ0v) is 17.5. The van der Waals surface area contributed by atoms with Gasteiger partial charge in [-0.3, -0.25) is 9.59 Å². The predicted molar refractivity (Wildman–Crippen MR) is 115 cm³/mol. The van der Waals surface area contributed by atoms with Crippen LogP contribution in [0.5, 0.6) is 0 Å². The van der Waals surface area contributed by atoms with E-state index in [1.807, 2.05) is 54.6 Å². The van der Waals surface area contributed by atoms with Crippen molar-refractivity contribution in [1.29, 1.82) is 0 Å². The van der Waals surface area contributed by atoms with Crippen LogP contribution in [0.3, 0.4) is 0 Å². The Morgan fingerprint density at radius 2 is 1.69 bits per heavy atom. The molecule has 7 heteroatoms. The zero-order chi connectivity index (χ0) is 20.6. The lowest BCUT2D eigenvalue weighted by atomic mass is 10.2. The summed E-state index contributed by atoms with van der Waals surface area (Å²) in [5.41, 5.74) is 1.76. The Bertz CT molecular complexity index is 807. The Labute approximate surface area is 175 Å². The maximum Gasteiger partial charge on any atom is 0.319 e. The average molecular weight is 415 g/mol. The molecule has 1 amide bonds. The number of hydrogen-bond donors (Lipinski definition) is 1. The number of nitrogens with one attached hydrogen (secondary N) is 1. The Morgan fingerprint density at radius 3 is 2.34 bits per heavy atom. The molecule has 6 nitrogen and oxygen atoms in total. The van der Waals surface area contributed by atoms with Gasteiger partial charge < -0.3 is 19.7 Å². The minimum atomic E-state index is -0.875. The smallest absolute Gasteiger partial charge is 0.319 e. The molecule has 0 aliphatic carbocycles. The van der Waals surface area contributed by atoms with Crippen molar-refractivity contribution in [3.63, 3.8) is 0 Å². The Kier molecular flexibility index (Phi) is 7.55. The molecular weight excluding hydrogens is 388 g/mol. The van der Waals surface area contributed by atoms with E-state index in [2.05, 4.69) is 10.2 Å². The Balaban J connectivity index is 1.48. The third-order valence-corrected chi connectivity index (χ3v) is 5.65. The standard InChI is InChI=1S/C22H26N2O4S/c1-16(28-22(26)17(2)29-20-6-4-3-5-7-20)21(25)23-18-8-10-19(11-9-18)24-12-14-27-15-13-24/h3-11,16-17H,12-15H2,1-2H3,(H,23,25)/t16-,17+/m1/s1. The van der Waals surface area contributed by atoms with Gasteiger partial charge in [0.15, 0.2) is 6.10 Å². The van der Waals surface area contributed by atoms with Crippen molar-refractivity contribution in [3.05, 3.63) is 54.6 Å². The van der Waals surface area contributed by atoms with Gasteiger partial charge in [-0.2, -0.15) is 0 Å². The third-order valence-electron chi connectivity index (χ3n) is 4.56. The number of carbonyl (C=O) groups excluding carboxylic acids is 2. The number of ether oxygens (including phenoxy) is 2. The highest BCUT2D eigenvalue weighted by Gasteiger charge is 2.23. The highest BCUT2D eigenvalue weighted by Crippen LogP contribution is 2.24. The summed E-state index contributed by atoms with van der Waals surface area (Å²) < 4.78 is 10.7. The Hall–Kier alpha value is -2.51. The van der Waals surface area contributed by atoms with Crippen molar-refractivity contribution >= 4 is 35.0 Å². The van der Waals surface area contributed by atoms with E-state index < -0.39 is 17.3 Å². The molecule has 0 aromatic heterocycles. The van der Waals surface area contributed by atoms with Crippen LogP contribution in [0.2, 0.25) is 0 Å². The van der Waals surface area contributed by atoms with E-state index in [-0.39, 0.29) is 5.91 Å². The molecule has 1 aliphatic heterocycles. The van der Waals surface area contributed by atoms with Crippen LogP contribution in [0.15, 0.2) is 59.5 Å². The quantitative estimate of drug-likeness (QED) is 0.552. The van der Waals surface area contributed by atoms with Gasteiger partial charge in [-0.1, -0.05) is 18.2 Å². The fourth-order valence-corrected chi connectivity index (χ4v) is 3.77. The highest BCUT2D eigenvalue weighted by atomic mass is 32.2. The fraction of sp³-hybridized carbons (Fsp3) is 0.364. The van der Waals surface area contributed by atoms with E-state index in [0.717, 1.165) is 36.9 Å². The minimum Gasteiger partial charge on any atom is -0.452 e. The van der Waals surface area contributed by atoms with Crippen molar-refractivity contribution < 1.29 is 19.1 Å². The largest absolute Gasteiger partial charge is 0.452 e. The Morgan fingerprint density at radius 1 is 1.03 bits per heavy atom. The van der Waals surface area contributed by atoms with Crippen LogP contribution in [-0.4, -0.2) is 49.5 Å². The van der Waals surface area contributed by atoms with E-state index in [4.69, 9.17) is 9.47 Å². The molecule has 2 aromatic carbocycles. The van der Waals surface area contributed by atoms with Crippen molar-refractivity contribution in [2.45, 2.75) is 30.1 Å². The normalized spacial score (nSPS) is 16.0. The molecular formula is C22H26N2O4S. The molecule has 1 aliphatic rings. The van der Waals surface area contributed by atoms with Crippen LogP contribution in [0, 0.1) is 0 Å². The lowest BCUT2D eigenvalue weighted by Gasteiger charge is -2.29. The van der Waals surface area contributed by atoms with Crippen molar-refractivity contribution in [1.82, 2.24) is 0 Å². The van der Waals surface area contributed by atoms with Gasteiger partial charge in [-0.25, -0.2) is 0 Å². The molecule has 0 bridgehead atoms. The molecule has 0 radical (unpaired) electrons. The molecule has 1 N–H and O–H groups in total. The first-order chi connectivity index (χ1) is 14.0. The average Bonchev–Trinajstić information content (AvgIpc) is 2.75. The summed E-state index contributed by atoms with van der Waals surface area (Å²) >= 11 is 1.40. The number of esters is 1. The van der Waals surface area contributed by atoms with Crippen molar-refractivity contribution in [2.24, 2.45) is 0 Å². The molecule has 1 heterocycles. The van der Waals surface area contributed by atoms with Crippen LogP contribution in [-0.2, 0) is 19.1 Å². The summed E-state index contributed by atoms with van der Waals surface area (Å²) in [7, 11) is 0. The summed E-state index contributed by atoms with van der Waals surface area (Å²) in [5.74, 6) is -0.765. The number of anilines is 2. The topological polar surface area (TPSA) is 67.9 Å². The summed E-state index contributed by atoms with van der Waals surface area (Å²) in [6.07, 6.45) is -0.875. The number of rotatable bonds is 7. The summed E-state index contributed by atoms with van der Waals surface area (Å²) in [6.45, 7) is 6.52. The van der Waals surface area contributed by atoms with Gasteiger partial charge in [-0.15, -0.1) is 11.8 Å². The van der Waals surface area contributed by atoms with E-state index in [1.165, 1.54) is 11.8 Å². The summed E-state index contributed by atoms with van der Waals surface area (Å²) in [5, 5.41) is 2.40. The number of thioether (sulfide) groups is 1. The molecule has 1 fully saturated rings. The van der Waals surface area contributed by atoms with E-state index in [9.17, 15) is 9.59 Å². The SMILES string of the molecule is C[C@H](Sc1ccccc1)C(=O)O[C@H](C)C(=O)Nc1ccc(N2CCOCC2)cc1. The first kappa shape index (κ1) is 21.2. The van der Waals surface area contributed by atoms with Gasteiger partial charge in [0, 0.05) is 29.4 Å².